The Morgan fingerprint density at radius 2 is 2.44 bits per heavy atom. The summed E-state index contributed by atoms with van der Waals surface area (Å²) in [5.74, 6) is 5.93. The van der Waals surface area contributed by atoms with Gasteiger partial charge in [-0.15, -0.1) is 0 Å². The standard InChI is InChI=1S/C13H19FN2O2/c1-17-13-3-2-10(7-11(13)14)12(16-15)6-9-4-5-18-8-9/h2-3,7,9,12,16H,4-6,8,15H2,1H3. The normalized spacial score (nSPS) is 20.9. The lowest BCUT2D eigenvalue weighted by molar-refractivity contribution is 0.181. The second-order valence-corrected chi connectivity index (χ2v) is 4.58. The van der Waals surface area contributed by atoms with Crippen LogP contribution < -0.4 is 16.0 Å². The van der Waals surface area contributed by atoms with Crippen molar-refractivity contribution in [2.24, 2.45) is 11.8 Å². The molecule has 1 fully saturated rings. The molecule has 1 saturated heterocycles. The highest BCUT2D eigenvalue weighted by atomic mass is 19.1. The number of benzene rings is 1. The second kappa shape index (κ2) is 6.13. The summed E-state index contributed by atoms with van der Waals surface area (Å²) in [6, 6.07) is 4.87. The number of nitrogens with two attached hydrogens (primary N) is 1. The Morgan fingerprint density at radius 3 is 3.00 bits per heavy atom. The summed E-state index contributed by atoms with van der Waals surface area (Å²) < 4.78 is 23.9. The van der Waals surface area contributed by atoms with Crippen molar-refractivity contribution < 1.29 is 13.9 Å². The number of methoxy groups -OCH3 is 1. The molecule has 1 aromatic rings. The molecule has 5 heteroatoms. The molecule has 18 heavy (non-hydrogen) atoms. The Bertz CT molecular complexity index is 395. The van der Waals surface area contributed by atoms with Crippen LogP contribution in [0.15, 0.2) is 18.2 Å². The highest BCUT2D eigenvalue weighted by Crippen LogP contribution is 2.28. The van der Waals surface area contributed by atoms with Crippen molar-refractivity contribution in [3.63, 3.8) is 0 Å². The van der Waals surface area contributed by atoms with Gasteiger partial charge in [0.15, 0.2) is 11.6 Å². The summed E-state index contributed by atoms with van der Waals surface area (Å²) in [4.78, 5) is 0. The average molecular weight is 254 g/mol. The van der Waals surface area contributed by atoms with Gasteiger partial charge in [-0.3, -0.25) is 11.3 Å². The van der Waals surface area contributed by atoms with Gasteiger partial charge in [-0.25, -0.2) is 4.39 Å². The lowest BCUT2D eigenvalue weighted by Crippen LogP contribution is -2.30. The average Bonchev–Trinajstić information content (AvgIpc) is 2.88. The van der Waals surface area contributed by atoms with Gasteiger partial charge in [0.05, 0.1) is 7.11 Å². The van der Waals surface area contributed by atoms with E-state index in [1.54, 1.807) is 6.07 Å². The van der Waals surface area contributed by atoms with Crippen LogP contribution >= 0.6 is 0 Å². The van der Waals surface area contributed by atoms with E-state index in [0.717, 1.165) is 31.6 Å². The third kappa shape index (κ3) is 2.98. The molecule has 1 aliphatic heterocycles. The van der Waals surface area contributed by atoms with E-state index >= 15 is 0 Å². The molecule has 0 radical (unpaired) electrons. The highest BCUT2D eigenvalue weighted by Gasteiger charge is 2.21. The number of nitrogens with one attached hydrogen (secondary N) is 1. The van der Waals surface area contributed by atoms with Gasteiger partial charge in [0.2, 0.25) is 0 Å². The van der Waals surface area contributed by atoms with Gasteiger partial charge in [-0.05, 0) is 36.5 Å². The molecule has 1 heterocycles. The zero-order valence-electron chi connectivity index (χ0n) is 10.5. The van der Waals surface area contributed by atoms with Gasteiger partial charge in [0, 0.05) is 19.3 Å². The summed E-state index contributed by atoms with van der Waals surface area (Å²) in [5.41, 5.74) is 3.58. The molecule has 4 nitrogen and oxygen atoms in total. The quantitative estimate of drug-likeness (QED) is 0.621. The van der Waals surface area contributed by atoms with Gasteiger partial charge < -0.3 is 9.47 Å². The number of hydrogen-bond donors (Lipinski definition) is 2. The smallest absolute Gasteiger partial charge is 0.165 e. The highest BCUT2D eigenvalue weighted by molar-refractivity contribution is 5.31. The van der Waals surface area contributed by atoms with Crippen molar-refractivity contribution in [1.29, 1.82) is 0 Å². The van der Waals surface area contributed by atoms with E-state index in [2.05, 4.69) is 5.43 Å². The van der Waals surface area contributed by atoms with Crippen molar-refractivity contribution in [3.8, 4) is 5.75 Å². The van der Waals surface area contributed by atoms with E-state index in [0.29, 0.717) is 5.92 Å². The van der Waals surface area contributed by atoms with E-state index in [9.17, 15) is 4.39 Å². The first-order valence-electron chi connectivity index (χ1n) is 6.12. The minimum absolute atomic E-state index is 0.0582. The van der Waals surface area contributed by atoms with Crippen LogP contribution in [0.1, 0.15) is 24.4 Å². The zero-order chi connectivity index (χ0) is 13.0. The monoisotopic (exact) mass is 254 g/mol. The van der Waals surface area contributed by atoms with E-state index < -0.39 is 0 Å². The maximum absolute atomic E-state index is 13.6. The molecule has 2 rings (SSSR count). The molecule has 0 bridgehead atoms. The summed E-state index contributed by atoms with van der Waals surface area (Å²) in [6.07, 6.45) is 1.89. The molecular formula is C13H19FN2O2. The maximum Gasteiger partial charge on any atom is 0.165 e. The Morgan fingerprint density at radius 1 is 1.61 bits per heavy atom. The van der Waals surface area contributed by atoms with Crippen LogP contribution in [-0.2, 0) is 4.74 Å². The van der Waals surface area contributed by atoms with Gasteiger partial charge in [-0.2, -0.15) is 0 Å². The Hall–Kier alpha value is -1.17. The third-order valence-corrected chi connectivity index (χ3v) is 3.37. The summed E-state index contributed by atoms with van der Waals surface area (Å²) in [6.45, 7) is 1.57. The molecule has 0 saturated carbocycles. The molecule has 2 atom stereocenters. The van der Waals surface area contributed by atoms with Gasteiger partial charge in [0.25, 0.3) is 0 Å². The van der Waals surface area contributed by atoms with Crippen molar-refractivity contribution in [1.82, 2.24) is 5.43 Å². The lowest BCUT2D eigenvalue weighted by Gasteiger charge is -2.19. The molecule has 0 aliphatic carbocycles. The number of hydrogen-bond acceptors (Lipinski definition) is 4. The predicted octanol–water partition coefficient (Wildman–Crippen LogP) is 1.77. The van der Waals surface area contributed by atoms with Crippen molar-refractivity contribution in [3.05, 3.63) is 29.6 Å². The largest absolute Gasteiger partial charge is 0.494 e. The van der Waals surface area contributed by atoms with Crippen molar-refractivity contribution >= 4 is 0 Å². The molecule has 0 amide bonds. The number of ether oxygens (including phenoxy) is 2. The summed E-state index contributed by atoms with van der Waals surface area (Å²) >= 11 is 0. The molecule has 3 N–H and O–H groups in total. The Labute approximate surface area is 106 Å². The van der Waals surface area contributed by atoms with Crippen LogP contribution in [0.4, 0.5) is 4.39 Å². The van der Waals surface area contributed by atoms with E-state index in [-0.39, 0.29) is 17.6 Å². The zero-order valence-corrected chi connectivity index (χ0v) is 10.5. The Kier molecular flexibility index (Phi) is 4.52. The van der Waals surface area contributed by atoms with Crippen LogP contribution in [0.25, 0.3) is 0 Å². The van der Waals surface area contributed by atoms with Gasteiger partial charge >= 0.3 is 0 Å². The fourth-order valence-electron chi connectivity index (χ4n) is 2.30. The van der Waals surface area contributed by atoms with Crippen LogP contribution in [0.3, 0.4) is 0 Å². The first-order valence-corrected chi connectivity index (χ1v) is 6.12. The number of hydrazine groups is 1. The number of halogens is 1. The van der Waals surface area contributed by atoms with Crippen LogP contribution in [-0.4, -0.2) is 20.3 Å². The molecule has 100 valence electrons. The van der Waals surface area contributed by atoms with Gasteiger partial charge in [0.1, 0.15) is 0 Å². The van der Waals surface area contributed by atoms with Crippen LogP contribution in [0.2, 0.25) is 0 Å². The second-order valence-electron chi connectivity index (χ2n) is 4.58. The molecule has 1 aromatic carbocycles. The third-order valence-electron chi connectivity index (χ3n) is 3.37. The number of rotatable bonds is 5. The Balaban J connectivity index is 2.08. The summed E-state index contributed by atoms with van der Waals surface area (Å²) in [5, 5.41) is 0. The SMILES string of the molecule is COc1ccc(C(CC2CCOC2)NN)cc1F. The maximum atomic E-state index is 13.6. The minimum Gasteiger partial charge on any atom is -0.494 e. The lowest BCUT2D eigenvalue weighted by atomic mass is 9.94. The van der Waals surface area contributed by atoms with Crippen LogP contribution in [0, 0.1) is 11.7 Å². The van der Waals surface area contributed by atoms with E-state index in [1.165, 1.54) is 13.2 Å². The molecular weight excluding hydrogens is 235 g/mol. The fourth-order valence-corrected chi connectivity index (χ4v) is 2.30. The molecule has 1 aliphatic rings. The van der Waals surface area contributed by atoms with Crippen molar-refractivity contribution in [2.75, 3.05) is 20.3 Å². The molecule has 2 unspecified atom stereocenters. The molecule has 0 spiro atoms. The molecule has 0 aromatic heterocycles. The predicted molar refractivity (Wildman–Crippen MR) is 66.6 cm³/mol. The van der Waals surface area contributed by atoms with E-state index in [4.69, 9.17) is 15.3 Å². The fraction of sp³-hybridized carbons (Fsp3) is 0.538. The van der Waals surface area contributed by atoms with E-state index in [1.807, 2.05) is 6.07 Å². The van der Waals surface area contributed by atoms with Crippen molar-refractivity contribution in [2.45, 2.75) is 18.9 Å². The first kappa shape index (κ1) is 13.3. The van der Waals surface area contributed by atoms with Gasteiger partial charge in [-0.1, -0.05) is 6.07 Å². The van der Waals surface area contributed by atoms with Crippen LogP contribution in [0.5, 0.6) is 5.75 Å². The topological polar surface area (TPSA) is 56.5 Å². The minimum atomic E-state index is -0.363. The first-order chi connectivity index (χ1) is 8.74. The summed E-state index contributed by atoms with van der Waals surface area (Å²) in [7, 11) is 1.45.